The molecule has 0 bridgehead atoms. The van der Waals surface area contributed by atoms with E-state index < -0.39 is 19.7 Å². The topological polar surface area (TPSA) is 127 Å². The lowest BCUT2D eigenvalue weighted by Gasteiger charge is -2.08. The Morgan fingerprint density at radius 3 is 0.933 bits per heavy atom. The Morgan fingerprint density at radius 2 is 0.700 bits per heavy atom. The van der Waals surface area contributed by atoms with Crippen molar-refractivity contribution in [2.24, 2.45) is 9.98 Å². The molecule has 0 aromatic heterocycles. The summed E-state index contributed by atoms with van der Waals surface area (Å²) in [5.41, 5.74) is 0.519. The van der Waals surface area contributed by atoms with Crippen molar-refractivity contribution in [3.05, 3.63) is 72.8 Å². The summed E-state index contributed by atoms with van der Waals surface area (Å²) in [6.07, 6.45) is 2.73. The van der Waals surface area contributed by atoms with Gasteiger partial charge < -0.3 is 0 Å². The van der Waals surface area contributed by atoms with Crippen LogP contribution in [0.1, 0.15) is 0 Å². The lowest BCUT2D eigenvalue weighted by atomic mass is 10.3. The van der Waals surface area contributed by atoms with E-state index in [-0.39, 0.29) is 31.0 Å². The minimum atomic E-state index is -3.89. The fraction of sp³-hybridized carbons (Fsp3) is 0. The molecule has 0 aliphatic rings. The van der Waals surface area contributed by atoms with Crippen LogP contribution in [-0.4, -0.2) is 29.0 Å². The SMILES string of the molecule is O=C=Nc1ccc(S(=O)(=O)c2ccc(S(=O)(=O)c3ccc(N=C=O)cc3)cc2)cc1. The first-order valence-electron chi connectivity index (χ1n) is 8.25. The summed E-state index contributed by atoms with van der Waals surface area (Å²) in [5, 5.41) is 0. The maximum Gasteiger partial charge on any atom is 0.240 e. The summed E-state index contributed by atoms with van der Waals surface area (Å²) in [7, 11) is -7.79. The Hall–Kier alpha value is -3.68. The number of benzene rings is 3. The Bertz CT molecular complexity index is 1270. The van der Waals surface area contributed by atoms with Crippen LogP contribution in [0.25, 0.3) is 0 Å². The van der Waals surface area contributed by atoms with E-state index in [0.29, 0.717) is 0 Å². The lowest BCUT2D eigenvalue weighted by molar-refractivity contribution is 0.564. The number of sulfone groups is 2. The Labute approximate surface area is 172 Å². The monoisotopic (exact) mass is 440 g/mol. The predicted molar refractivity (Wildman–Crippen MR) is 106 cm³/mol. The third kappa shape index (κ3) is 4.17. The standard InChI is InChI=1S/C20H12N2O6S2/c23-13-21-15-1-5-17(6-2-15)29(25,26)19-9-11-20(12-10-19)30(27,28)18-7-3-16(4-8-18)22-14-24/h1-12H. The molecular formula is C20H12N2O6S2. The second-order valence-corrected chi connectivity index (χ2v) is 9.77. The molecule has 10 heteroatoms. The zero-order valence-corrected chi connectivity index (χ0v) is 16.7. The normalized spacial score (nSPS) is 11.2. The minimum Gasteiger partial charge on any atom is -0.219 e. The molecule has 0 saturated heterocycles. The number of nitrogens with zero attached hydrogens (tertiary/aromatic N) is 2. The van der Waals surface area contributed by atoms with Crippen LogP contribution in [0.2, 0.25) is 0 Å². The van der Waals surface area contributed by atoms with Gasteiger partial charge in [-0.3, -0.25) is 0 Å². The van der Waals surface area contributed by atoms with Gasteiger partial charge >= 0.3 is 0 Å². The zero-order chi connectivity index (χ0) is 21.8. The Kier molecular flexibility index (Phi) is 5.86. The van der Waals surface area contributed by atoms with E-state index in [1.54, 1.807) is 0 Å². The molecule has 150 valence electrons. The second kappa shape index (κ2) is 8.36. The van der Waals surface area contributed by atoms with Gasteiger partial charge in [0.2, 0.25) is 31.8 Å². The quantitative estimate of drug-likeness (QED) is 0.427. The van der Waals surface area contributed by atoms with Gasteiger partial charge in [-0.2, -0.15) is 9.98 Å². The van der Waals surface area contributed by atoms with Crippen LogP contribution < -0.4 is 0 Å². The van der Waals surface area contributed by atoms with E-state index >= 15 is 0 Å². The molecule has 0 spiro atoms. The van der Waals surface area contributed by atoms with Crippen molar-refractivity contribution in [3.63, 3.8) is 0 Å². The molecule has 0 aliphatic heterocycles. The number of isocyanates is 2. The average Bonchev–Trinajstić information content (AvgIpc) is 2.75. The highest BCUT2D eigenvalue weighted by atomic mass is 32.2. The highest BCUT2D eigenvalue weighted by molar-refractivity contribution is 7.92. The maximum absolute atomic E-state index is 12.7. The molecule has 3 aromatic carbocycles. The fourth-order valence-electron chi connectivity index (χ4n) is 2.58. The van der Waals surface area contributed by atoms with E-state index in [0.717, 1.165) is 0 Å². The summed E-state index contributed by atoms with van der Waals surface area (Å²) in [6.45, 7) is 0. The number of hydrogen-bond acceptors (Lipinski definition) is 8. The largest absolute Gasteiger partial charge is 0.240 e. The summed E-state index contributed by atoms with van der Waals surface area (Å²) >= 11 is 0. The molecule has 8 nitrogen and oxygen atoms in total. The molecule has 0 heterocycles. The van der Waals surface area contributed by atoms with Crippen molar-refractivity contribution in [1.82, 2.24) is 0 Å². The van der Waals surface area contributed by atoms with Crippen LogP contribution in [0.15, 0.2) is 102 Å². The van der Waals surface area contributed by atoms with Crippen molar-refractivity contribution in [3.8, 4) is 0 Å². The van der Waals surface area contributed by atoms with Gasteiger partial charge in [0.1, 0.15) is 0 Å². The summed E-state index contributed by atoms with van der Waals surface area (Å²) in [4.78, 5) is 27.1. The van der Waals surface area contributed by atoms with Crippen molar-refractivity contribution in [2.75, 3.05) is 0 Å². The third-order valence-corrected chi connectivity index (χ3v) is 7.66. The van der Waals surface area contributed by atoms with Gasteiger partial charge in [0.25, 0.3) is 0 Å². The van der Waals surface area contributed by atoms with Gasteiger partial charge in [-0.05, 0) is 72.8 Å². The minimum absolute atomic E-state index is 0.0331. The molecule has 0 N–H and O–H groups in total. The van der Waals surface area contributed by atoms with Crippen molar-refractivity contribution in [1.29, 1.82) is 0 Å². The summed E-state index contributed by atoms with van der Waals surface area (Å²) in [5.74, 6) is 0. The zero-order valence-electron chi connectivity index (χ0n) is 15.1. The van der Waals surface area contributed by atoms with E-state index in [4.69, 9.17) is 0 Å². The molecule has 0 unspecified atom stereocenters. The van der Waals surface area contributed by atoms with Crippen LogP contribution in [0.3, 0.4) is 0 Å². The van der Waals surface area contributed by atoms with Gasteiger partial charge in [0, 0.05) is 0 Å². The Morgan fingerprint density at radius 1 is 0.467 bits per heavy atom. The second-order valence-electron chi connectivity index (χ2n) is 5.87. The molecule has 0 radical (unpaired) electrons. The highest BCUT2D eigenvalue weighted by Gasteiger charge is 2.21. The molecule has 0 amide bonds. The average molecular weight is 440 g/mol. The summed E-state index contributed by atoms with van der Waals surface area (Å²) in [6, 6.07) is 15.4. The first-order chi connectivity index (χ1) is 14.3. The number of aliphatic imine (C=N–C) groups is 2. The number of carbonyl (C=O) groups excluding carboxylic acids is 2. The van der Waals surface area contributed by atoms with Crippen molar-refractivity contribution < 1.29 is 26.4 Å². The summed E-state index contributed by atoms with van der Waals surface area (Å²) < 4.78 is 50.9. The van der Waals surface area contributed by atoms with Gasteiger partial charge in [0.05, 0.1) is 31.0 Å². The van der Waals surface area contributed by atoms with Crippen LogP contribution in [-0.2, 0) is 29.3 Å². The molecule has 0 saturated carbocycles. The first-order valence-corrected chi connectivity index (χ1v) is 11.2. The third-order valence-electron chi connectivity index (χ3n) is 4.09. The Balaban J connectivity index is 1.93. The molecule has 30 heavy (non-hydrogen) atoms. The molecule has 0 fully saturated rings. The first kappa shape index (κ1) is 21.0. The van der Waals surface area contributed by atoms with Crippen molar-refractivity contribution in [2.45, 2.75) is 19.6 Å². The van der Waals surface area contributed by atoms with E-state index in [1.807, 2.05) is 0 Å². The van der Waals surface area contributed by atoms with Gasteiger partial charge in [-0.15, -0.1) is 0 Å². The number of rotatable bonds is 6. The van der Waals surface area contributed by atoms with E-state index in [9.17, 15) is 26.4 Å². The van der Waals surface area contributed by atoms with Gasteiger partial charge in [-0.25, -0.2) is 26.4 Å². The fourth-order valence-corrected chi connectivity index (χ4v) is 5.10. The smallest absolute Gasteiger partial charge is 0.219 e. The van der Waals surface area contributed by atoms with Crippen LogP contribution in [0, 0.1) is 0 Å². The van der Waals surface area contributed by atoms with Crippen LogP contribution in [0.5, 0.6) is 0 Å². The van der Waals surface area contributed by atoms with E-state index in [1.165, 1.54) is 85.0 Å². The molecular weight excluding hydrogens is 428 g/mol. The molecule has 0 atom stereocenters. The van der Waals surface area contributed by atoms with Crippen molar-refractivity contribution >= 4 is 43.2 Å². The molecule has 0 aliphatic carbocycles. The van der Waals surface area contributed by atoms with Crippen LogP contribution in [0.4, 0.5) is 11.4 Å². The van der Waals surface area contributed by atoms with E-state index in [2.05, 4.69) is 9.98 Å². The molecule has 3 aromatic rings. The maximum atomic E-state index is 12.7. The molecule has 3 rings (SSSR count). The van der Waals surface area contributed by atoms with Crippen LogP contribution >= 0.6 is 0 Å². The predicted octanol–water partition coefficient (Wildman–Crippen LogP) is 3.29. The van der Waals surface area contributed by atoms with Gasteiger partial charge in [0.15, 0.2) is 0 Å². The van der Waals surface area contributed by atoms with Gasteiger partial charge in [-0.1, -0.05) is 0 Å². The highest BCUT2D eigenvalue weighted by Crippen LogP contribution is 2.27. The number of hydrogen-bond donors (Lipinski definition) is 0. The lowest BCUT2D eigenvalue weighted by Crippen LogP contribution is -2.04.